The molecule has 1 aromatic rings. The first-order chi connectivity index (χ1) is 12.6. The van der Waals surface area contributed by atoms with Crippen LogP contribution in [-0.2, 0) is 11.3 Å². The van der Waals surface area contributed by atoms with Gasteiger partial charge in [0.25, 0.3) is 0 Å². The lowest BCUT2D eigenvalue weighted by Gasteiger charge is -2.36. The molecule has 1 saturated heterocycles. The van der Waals surface area contributed by atoms with E-state index in [9.17, 15) is 4.79 Å². The van der Waals surface area contributed by atoms with Crippen molar-refractivity contribution in [3.63, 3.8) is 0 Å². The Hall–Kier alpha value is -1.44. The molecule has 146 valence electrons. The van der Waals surface area contributed by atoms with Gasteiger partial charge in [0.05, 0.1) is 14.2 Å². The van der Waals surface area contributed by atoms with Crippen molar-refractivity contribution in [1.82, 2.24) is 10.2 Å². The number of thioether (sulfide) groups is 1. The van der Waals surface area contributed by atoms with Crippen molar-refractivity contribution < 1.29 is 14.3 Å². The topological polar surface area (TPSA) is 76.8 Å². The number of piperidine rings is 1. The highest BCUT2D eigenvalue weighted by molar-refractivity contribution is 7.98. The number of benzene rings is 1. The zero-order valence-electron chi connectivity index (χ0n) is 16.0. The van der Waals surface area contributed by atoms with Crippen LogP contribution in [0.5, 0.6) is 11.5 Å². The van der Waals surface area contributed by atoms with E-state index in [0.717, 1.165) is 31.0 Å². The normalized spacial score (nSPS) is 17.8. The van der Waals surface area contributed by atoms with Gasteiger partial charge in [-0.25, -0.2) is 0 Å². The average Bonchev–Trinajstić information content (AvgIpc) is 2.67. The average molecular weight is 382 g/mol. The third-order valence-electron chi connectivity index (χ3n) is 4.82. The fraction of sp³-hybridized carbons (Fsp3) is 0.632. The second-order valence-electron chi connectivity index (χ2n) is 6.48. The van der Waals surface area contributed by atoms with Crippen molar-refractivity contribution in [2.75, 3.05) is 40.1 Å². The van der Waals surface area contributed by atoms with Crippen molar-refractivity contribution >= 4 is 17.7 Å². The quantitative estimate of drug-likeness (QED) is 0.639. The van der Waals surface area contributed by atoms with E-state index in [4.69, 9.17) is 15.2 Å². The number of methoxy groups -OCH3 is 2. The van der Waals surface area contributed by atoms with Crippen molar-refractivity contribution in [2.45, 2.75) is 43.2 Å². The Kier molecular flexibility index (Phi) is 8.54. The van der Waals surface area contributed by atoms with Gasteiger partial charge in [0, 0.05) is 37.0 Å². The van der Waals surface area contributed by atoms with Crippen LogP contribution < -0.4 is 20.5 Å². The molecule has 3 N–H and O–H groups in total. The number of rotatable bonds is 9. The van der Waals surface area contributed by atoms with Gasteiger partial charge >= 0.3 is 0 Å². The molecule has 0 radical (unpaired) electrons. The Morgan fingerprint density at radius 2 is 2.04 bits per heavy atom. The van der Waals surface area contributed by atoms with Crippen LogP contribution in [0.25, 0.3) is 0 Å². The summed E-state index contributed by atoms with van der Waals surface area (Å²) in [6.45, 7) is 2.96. The molecule has 1 atom stereocenters. The number of nitrogens with zero attached hydrogens (tertiary/aromatic N) is 1. The van der Waals surface area contributed by atoms with E-state index in [1.807, 2.05) is 6.07 Å². The Bertz CT molecular complexity index is 598. The van der Waals surface area contributed by atoms with Crippen molar-refractivity contribution in [3.05, 3.63) is 17.7 Å². The molecule has 1 amide bonds. The molecule has 0 aromatic heterocycles. The second kappa shape index (κ2) is 10.6. The van der Waals surface area contributed by atoms with Gasteiger partial charge in [-0.3, -0.25) is 9.69 Å². The van der Waals surface area contributed by atoms with Crippen molar-refractivity contribution in [2.24, 2.45) is 5.73 Å². The maximum Gasteiger partial charge on any atom is 0.221 e. The smallest absolute Gasteiger partial charge is 0.221 e. The number of carbonyl (C=O) groups is 1. The van der Waals surface area contributed by atoms with Crippen LogP contribution in [0.1, 0.15) is 31.2 Å². The van der Waals surface area contributed by atoms with Crippen LogP contribution in [0.15, 0.2) is 17.0 Å². The lowest BCUT2D eigenvalue weighted by molar-refractivity contribution is -0.121. The first-order valence-corrected chi connectivity index (χ1v) is 10.3. The number of nitrogens with one attached hydrogen (secondary N) is 1. The molecule has 6 nitrogen and oxygen atoms in total. The molecule has 1 unspecified atom stereocenters. The summed E-state index contributed by atoms with van der Waals surface area (Å²) in [5, 5.41) is 3.03. The van der Waals surface area contributed by atoms with Gasteiger partial charge in [-0.05, 0) is 43.3 Å². The zero-order valence-corrected chi connectivity index (χ0v) is 16.9. The van der Waals surface area contributed by atoms with Crippen molar-refractivity contribution in [1.29, 1.82) is 0 Å². The minimum absolute atomic E-state index is 0.0361. The monoisotopic (exact) mass is 381 g/mol. The third kappa shape index (κ3) is 5.53. The number of carbonyl (C=O) groups excluding carboxylic acids is 1. The standard InChI is InChI=1S/C19H31N3O3S/c1-24-16-10-14(18(26-3)11-17(16)25-2)13-22-9-5-4-6-15(22)12-21-19(23)7-8-20/h10-11,15H,4-9,12-13,20H2,1-3H3,(H,21,23). The lowest BCUT2D eigenvalue weighted by atomic mass is 10.0. The first kappa shape index (κ1) is 20.9. The van der Waals surface area contributed by atoms with Crippen LogP contribution in [0.3, 0.4) is 0 Å². The summed E-state index contributed by atoms with van der Waals surface area (Å²) in [4.78, 5) is 15.4. The summed E-state index contributed by atoms with van der Waals surface area (Å²) >= 11 is 1.71. The van der Waals surface area contributed by atoms with Gasteiger partial charge in [-0.15, -0.1) is 11.8 Å². The van der Waals surface area contributed by atoms with Crippen LogP contribution in [0.4, 0.5) is 0 Å². The SMILES string of the molecule is COc1cc(CN2CCCCC2CNC(=O)CCN)c(SC)cc1OC. The van der Waals surface area contributed by atoms with Crippen LogP contribution >= 0.6 is 11.8 Å². The highest BCUT2D eigenvalue weighted by Crippen LogP contribution is 2.35. The third-order valence-corrected chi connectivity index (χ3v) is 5.64. The molecule has 7 heteroatoms. The van der Waals surface area contributed by atoms with Gasteiger partial charge in [0.2, 0.25) is 5.91 Å². The molecule has 1 fully saturated rings. The van der Waals surface area contributed by atoms with E-state index >= 15 is 0 Å². The minimum atomic E-state index is 0.0361. The Labute approximate surface area is 160 Å². The molecular formula is C19H31N3O3S. The number of nitrogens with two attached hydrogens (primary N) is 1. The van der Waals surface area contributed by atoms with Crippen LogP contribution in [0, 0.1) is 0 Å². The fourth-order valence-electron chi connectivity index (χ4n) is 3.39. The fourth-order valence-corrected chi connectivity index (χ4v) is 4.00. The van der Waals surface area contributed by atoms with Gasteiger partial charge in [0.15, 0.2) is 11.5 Å². The zero-order chi connectivity index (χ0) is 18.9. The first-order valence-electron chi connectivity index (χ1n) is 9.12. The van der Waals surface area contributed by atoms with E-state index in [1.54, 1.807) is 26.0 Å². The minimum Gasteiger partial charge on any atom is -0.493 e. The highest BCUT2D eigenvalue weighted by atomic mass is 32.2. The predicted octanol–water partition coefficient (Wildman–Crippen LogP) is 2.25. The molecule has 0 spiro atoms. The maximum absolute atomic E-state index is 11.8. The van der Waals surface area contributed by atoms with Gasteiger partial charge in [0.1, 0.15) is 0 Å². The van der Waals surface area contributed by atoms with Crippen LogP contribution in [-0.4, -0.2) is 57.0 Å². The Morgan fingerprint density at radius 3 is 2.69 bits per heavy atom. The van der Waals surface area contributed by atoms with Crippen LogP contribution in [0.2, 0.25) is 0 Å². The van der Waals surface area contributed by atoms with Crippen molar-refractivity contribution in [3.8, 4) is 11.5 Å². The van der Waals surface area contributed by atoms with Gasteiger partial charge < -0.3 is 20.5 Å². The van der Waals surface area contributed by atoms with Gasteiger partial charge in [-0.2, -0.15) is 0 Å². The second-order valence-corrected chi connectivity index (χ2v) is 7.33. The Balaban J connectivity index is 2.12. The molecule has 0 aliphatic carbocycles. The molecule has 0 bridgehead atoms. The number of ether oxygens (including phenoxy) is 2. The van der Waals surface area contributed by atoms with E-state index < -0.39 is 0 Å². The Morgan fingerprint density at radius 1 is 1.31 bits per heavy atom. The number of hydrogen-bond acceptors (Lipinski definition) is 6. The molecule has 1 aromatic carbocycles. The molecule has 0 saturated carbocycles. The number of hydrogen-bond donors (Lipinski definition) is 2. The molecule has 2 rings (SSSR count). The number of likely N-dealkylation sites (tertiary alicyclic amines) is 1. The molecular weight excluding hydrogens is 350 g/mol. The number of amides is 1. The van der Waals surface area contributed by atoms with Gasteiger partial charge in [-0.1, -0.05) is 6.42 Å². The summed E-state index contributed by atoms with van der Waals surface area (Å²) in [7, 11) is 3.32. The molecule has 1 aliphatic heterocycles. The summed E-state index contributed by atoms with van der Waals surface area (Å²) < 4.78 is 10.9. The van der Waals surface area contributed by atoms with E-state index in [0.29, 0.717) is 25.6 Å². The largest absolute Gasteiger partial charge is 0.493 e. The molecule has 1 heterocycles. The summed E-state index contributed by atoms with van der Waals surface area (Å²) in [6.07, 6.45) is 5.96. The predicted molar refractivity (Wildman–Crippen MR) is 106 cm³/mol. The summed E-state index contributed by atoms with van der Waals surface area (Å²) in [5.41, 5.74) is 6.69. The summed E-state index contributed by atoms with van der Waals surface area (Å²) in [5.74, 6) is 1.55. The summed E-state index contributed by atoms with van der Waals surface area (Å²) in [6, 6.07) is 4.47. The van der Waals surface area contributed by atoms with E-state index in [1.165, 1.54) is 23.3 Å². The maximum atomic E-state index is 11.8. The van der Waals surface area contributed by atoms with E-state index in [2.05, 4.69) is 22.5 Å². The lowest BCUT2D eigenvalue weighted by Crippen LogP contribution is -2.46. The highest BCUT2D eigenvalue weighted by Gasteiger charge is 2.24. The molecule has 1 aliphatic rings. The molecule has 26 heavy (non-hydrogen) atoms. The van der Waals surface area contributed by atoms with E-state index in [-0.39, 0.29) is 5.91 Å².